The summed E-state index contributed by atoms with van der Waals surface area (Å²) in [5.41, 5.74) is 1.86. The Bertz CT molecular complexity index is 785. The van der Waals surface area contributed by atoms with Crippen molar-refractivity contribution in [3.05, 3.63) is 27.8 Å². The Morgan fingerprint density at radius 1 is 1.28 bits per heavy atom. The fraction of sp³-hybridized carbons (Fsp3) is 0.652. The number of carbonyl (C=O) groups is 2. The molecule has 0 aromatic heterocycles. The number of unbranched alkanes of at least 4 members (excludes halogenated alkanes) is 1. The van der Waals surface area contributed by atoms with Gasteiger partial charge in [0.15, 0.2) is 5.78 Å². The Labute approximate surface area is 179 Å². The summed E-state index contributed by atoms with van der Waals surface area (Å²) < 4.78 is 6.39. The Morgan fingerprint density at radius 3 is 2.62 bits per heavy atom. The van der Waals surface area contributed by atoms with E-state index < -0.39 is 5.60 Å². The van der Waals surface area contributed by atoms with Crippen LogP contribution >= 0.6 is 11.6 Å². The van der Waals surface area contributed by atoms with Crippen LogP contribution in [0.25, 0.3) is 0 Å². The van der Waals surface area contributed by atoms with Crippen molar-refractivity contribution in [3.8, 4) is 5.75 Å². The van der Waals surface area contributed by atoms with Crippen LogP contribution in [-0.2, 0) is 4.79 Å². The lowest BCUT2D eigenvalue weighted by Gasteiger charge is -2.44. The minimum absolute atomic E-state index is 0.1000. The van der Waals surface area contributed by atoms with Crippen LogP contribution < -0.4 is 4.74 Å². The predicted octanol–water partition coefficient (Wildman–Crippen LogP) is 4.41. The fourth-order valence-corrected chi connectivity index (χ4v) is 4.58. The molecule has 1 amide bonds. The molecular weight excluding hydrogens is 388 g/mol. The molecule has 0 N–H and O–H groups in total. The van der Waals surface area contributed by atoms with Crippen LogP contribution in [0.15, 0.2) is 6.07 Å². The summed E-state index contributed by atoms with van der Waals surface area (Å²) in [6.45, 7) is 9.11. The zero-order valence-electron chi connectivity index (χ0n) is 18.1. The maximum atomic E-state index is 12.9. The molecule has 0 bridgehead atoms. The first-order valence-electron chi connectivity index (χ1n) is 10.7. The summed E-state index contributed by atoms with van der Waals surface area (Å²) in [5.74, 6) is 0.949. The van der Waals surface area contributed by atoms with Crippen LogP contribution in [0.1, 0.15) is 66.9 Å². The number of rotatable bonds is 6. The summed E-state index contributed by atoms with van der Waals surface area (Å²) >= 11 is 6.34. The van der Waals surface area contributed by atoms with Gasteiger partial charge in [-0.25, -0.2) is 0 Å². The number of ether oxygens (including phenoxy) is 1. The van der Waals surface area contributed by atoms with Gasteiger partial charge in [-0.3, -0.25) is 9.59 Å². The molecule has 1 aromatic carbocycles. The molecule has 2 aliphatic heterocycles. The van der Waals surface area contributed by atoms with E-state index in [9.17, 15) is 9.59 Å². The standard InChI is InChI=1S/C23H33ClN2O3/c1-5-6-10-25(4)11-7-20(28)26-12-8-23(9-13-26)15-18(27)21-17(3)22(24)16(2)14-19(21)29-23/h14H,5-13,15H2,1-4H3. The highest BCUT2D eigenvalue weighted by atomic mass is 35.5. The molecular formula is C23H33ClN2O3. The van der Waals surface area contributed by atoms with Crippen LogP contribution in [0.3, 0.4) is 0 Å². The number of ketones is 1. The highest BCUT2D eigenvalue weighted by Crippen LogP contribution is 2.43. The molecule has 160 valence electrons. The number of Topliss-reactive ketones (excluding diaryl/α,β-unsaturated/α-hetero) is 1. The zero-order valence-corrected chi connectivity index (χ0v) is 18.9. The fourth-order valence-electron chi connectivity index (χ4n) is 4.43. The number of halogens is 1. The van der Waals surface area contributed by atoms with E-state index in [1.165, 1.54) is 6.42 Å². The van der Waals surface area contributed by atoms with Gasteiger partial charge in [0, 0.05) is 43.9 Å². The van der Waals surface area contributed by atoms with Crippen LogP contribution in [0.5, 0.6) is 5.75 Å². The number of hydrogen-bond donors (Lipinski definition) is 0. The van der Waals surface area contributed by atoms with Crippen LogP contribution in [0.2, 0.25) is 5.02 Å². The van der Waals surface area contributed by atoms with Gasteiger partial charge in [0.2, 0.25) is 5.91 Å². The second-order valence-electron chi connectivity index (χ2n) is 8.68. The van der Waals surface area contributed by atoms with E-state index >= 15 is 0 Å². The molecule has 1 aromatic rings. The molecule has 0 unspecified atom stereocenters. The summed E-state index contributed by atoms with van der Waals surface area (Å²) in [7, 11) is 2.07. The van der Waals surface area contributed by atoms with Crippen molar-refractivity contribution in [1.82, 2.24) is 9.80 Å². The number of aryl methyl sites for hydroxylation is 1. The molecule has 2 aliphatic rings. The number of nitrogens with zero attached hydrogens (tertiary/aromatic N) is 2. The lowest BCUT2D eigenvalue weighted by Crippen LogP contribution is -2.52. The van der Waals surface area contributed by atoms with E-state index in [4.69, 9.17) is 16.3 Å². The molecule has 29 heavy (non-hydrogen) atoms. The Hall–Kier alpha value is -1.59. The molecule has 1 spiro atoms. The molecule has 0 saturated carbocycles. The third kappa shape index (κ3) is 4.77. The number of amides is 1. The maximum Gasteiger partial charge on any atom is 0.223 e. The predicted molar refractivity (Wildman–Crippen MR) is 116 cm³/mol. The second-order valence-corrected chi connectivity index (χ2v) is 9.06. The Morgan fingerprint density at radius 2 is 1.97 bits per heavy atom. The quantitative estimate of drug-likeness (QED) is 0.684. The Kier molecular flexibility index (Phi) is 6.90. The van der Waals surface area contributed by atoms with Crippen molar-refractivity contribution in [1.29, 1.82) is 0 Å². The minimum Gasteiger partial charge on any atom is -0.486 e. The number of carbonyl (C=O) groups excluding carboxylic acids is 2. The topological polar surface area (TPSA) is 49.9 Å². The van der Waals surface area contributed by atoms with Crippen molar-refractivity contribution >= 4 is 23.3 Å². The molecule has 5 nitrogen and oxygen atoms in total. The molecule has 3 rings (SSSR count). The summed E-state index contributed by atoms with van der Waals surface area (Å²) in [5, 5.41) is 0.640. The summed E-state index contributed by atoms with van der Waals surface area (Å²) in [4.78, 5) is 29.7. The van der Waals surface area contributed by atoms with Gasteiger partial charge in [0.05, 0.1) is 12.0 Å². The minimum atomic E-state index is -0.495. The smallest absolute Gasteiger partial charge is 0.223 e. The van der Waals surface area contributed by atoms with E-state index in [0.29, 0.717) is 55.1 Å². The van der Waals surface area contributed by atoms with Gasteiger partial charge in [-0.2, -0.15) is 0 Å². The number of benzene rings is 1. The lowest BCUT2D eigenvalue weighted by molar-refractivity contribution is -0.135. The van der Waals surface area contributed by atoms with Crippen LogP contribution in [-0.4, -0.2) is 60.3 Å². The first kappa shape index (κ1) is 22.1. The average Bonchev–Trinajstić information content (AvgIpc) is 2.68. The lowest BCUT2D eigenvalue weighted by atomic mass is 9.81. The van der Waals surface area contributed by atoms with Crippen molar-refractivity contribution < 1.29 is 14.3 Å². The maximum absolute atomic E-state index is 12.9. The first-order valence-corrected chi connectivity index (χ1v) is 11.1. The third-order valence-corrected chi connectivity index (χ3v) is 6.94. The SMILES string of the molecule is CCCCN(C)CCC(=O)N1CCC2(CC1)CC(=O)c1c(cc(C)c(Cl)c1C)O2. The molecule has 0 atom stereocenters. The van der Waals surface area contributed by atoms with E-state index in [1.807, 2.05) is 24.8 Å². The van der Waals surface area contributed by atoms with E-state index in [2.05, 4.69) is 18.9 Å². The van der Waals surface area contributed by atoms with E-state index in [1.54, 1.807) is 0 Å². The number of piperidine rings is 1. The van der Waals surface area contributed by atoms with Crippen LogP contribution in [0, 0.1) is 13.8 Å². The normalized spacial score (nSPS) is 18.1. The van der Waals surface area contributed by atoms with Crippen molar-refractivity contribution in [2.45, 2.75) is 64.9 Å². The number of likely N-dealkylation sites (tertiary alicyclic amines) is 1. The summed E-state index contributed by atoms with van der Waals surface area (Å²) in [6.07, 6.45) is 4.62. The Balaban J connectivity index is 1.60. The average molecular weight is 421 g/mol. The second kappa shape index (κ2) is 9.05. The van der Waals surface area contributed by atoms with Gasteiger partial charge in [-0.15, -0.1) is 0 Å². The van der Waals surface area contributed by atoms with E-state index in [0.717, 1.165) is 30.6 Å². The van der Waals surface area contributed by atoms with E-state index in [-0.39, 0.29) is 11.7 Å². The largest absolute Gasteiger partial charge is 0.486 e. The molecule has 0 aliphatic carbocycles. The van der Waals surface area contributed by atoms with Gasteiger partial charge in [-0.05, 0) is 51.1 Å². The molecule has 2 heterocycles. The van der Waals surface area contributed by atoms with Crippen LogP contribution in [0.4, 0.5) is 0 Å². The van der Waals surface area contributed by atoms with Crippen molar-refractivity contribution in [2.75, 3.05) is 33.2 Å². The number of fused-ring (bicyclic) bond motifs is 1. The first-order chi connectivity index (χ1) is 13.8. The highest BCUT2D eigenvalue weighted by Gasteiger charge is 2.44. The van der Waals surface area contributed by atoms with Gasteiger partial charge < -0.3 is 14.5 Å². The molecule has 1 saturated heterocycles. The van der Waals surface area contributed by atoms with Gasteiger partial charge >= 0.3 is 0 Å². The zero-order chi connectivity index (χ0) is 21.2. The molecule has 6 heteroatoms. The summed E-state index contributed by atoms with van der Waals surface area (Å²) in [6, 6.07) is 1.88. The van der Waals surface area contributed by atoms with Gasteiger partial charge in [0.25, 0.3) is 0 Å². The monoisotopic (exact) mass is 420 g/mol. The van der Waals surface area contributed by atoms with Crippen molar-refractivity contribution in [3.63, 3.8) is 0 Å². The van der Waals surface area contributed by atoms with Crippen molar-refractivity contribution in [2.24, 2.45) is 0 Å². The molecule has 0 radical (unpaired) electrons. The number of hydrogen-bond acceptors (Lipinski definition) is 4. The van der Waals surface area contributed by atoms with Gasteiger partial charge in [-0.1, -0.05) is 24.9 Å². The van der Waals surface area contributed by atoms with Gasteiger partial charge in [0.1, 0.15) is 11.4 Å². The highest BCUT2D eigenvalue weighted by molar-refractivity contribution is 6.32. The molecule has 1 fully saturated rings. The third-order valence-electron chi connectivity index (χ3n) is 6.36.